The van der Waals surface area contributed by atoms with Gasteiger partial charge in [0.15, 0.2) is 0 Å². The molecule has 0 radical (unpaired) electrons. The Balaban J connectivity index is 0. The molecule has 0 unspecified atom stereocenters. The zero-order valence-corrected chi connectivity index (χ0v) is 11.1. The number of likely N-dealkylation sites (tertiary alicyclic amines) is 1. The number of urea groups is 1. The van der Waals surface area contributed by atoms with Crippen LogP contribution in [0.4, 0.5) is 4.79 Å². The number of pyridine rings is 1. The highest BCUT2D eigenvalue weighted by atomic mass is 16.2. The van der Waals surface area contributed by atoms with Crippen molar-refractivity contribution in [3.63, 3.8) is 0 Å². The van der Waals surface area contributed by atoms with E-state index in [9.17, 15) is 4.79 Å². The van der Waals surface area contributed by atoms with Gasteiger partial charge in [-0.15, -0.1) is 0 Å². The summed E-state index contributed by atoms with van der Waals surface area (Å²) in [6.45, 7) is 3.17. The van der Waals surface area contributed by atoms with Gasteiger partial charge in [-0.2, -0.15) is 0 Å². The molecule has 0 saturated carbocycles. The SMILES string of the molecule is CN1CCCC1.CNC(=O)NCc1ccncc1.[HH].[HH]. The maximum atomic E-state index is 10.7. The molecule has 0 spiro atoms. The Kier molecular flexibility index (Phi) is 6.79. The van der Waals surface area contributed by atoms with Crippen LogP contribution in [0.5, 0.6) is 0 Å². The van der Waals surface area contributed by atoms with Gasteiger partial charge in [-0.1, -0.05) is 0 Å². The molecule has 1 fully saturated rings. The van der Waals surface area contributed by atoms with E-state index in [1.165, 1.54) is 25.9 Å². The van der Waals surface area contributed by atoms with Crippen LogP contribution in [-0.4, -0.2) is 43.1 Å². The van der Waals surface area contributed by atoms with E-state index >= 15 is 0 Å². The van der Waals surface area contributed by atoms with Crippen molar-refractivity contribution >= 4 is 6.03 Å². The molecule has 0 aliphatic carbocycles. The average molecular weight is 254 g/mol. The van der Waals surface area contributed by atoms with Crippen LogP contribution < -0.4 is 10.6 Å². The van der Waals surface area contributed by atoms with Gasteiger partial charge in [0.05, 0.1) is 0 Å². The van der Waals surface area contributed by atoms with Crippen LogP contribution in [0.3, 0.4) is 0 Å². The predicted octanol–water partition coefficient (Wildman–Crippen LogP) is 1.71. The monoisotopic (exact) mass is 254 g/mol. The van der Waals surface area contributed by atoms with E-state index in [1.54, 1.807) is 19.4 Å². The minimum Gasteiger partial charge on any atom is -0.341 e. The summed E-state index contributed by atoms with van der Waals surface area (Å²) in [7, 11) is 3.76. The molecule has 18 heavy (non-hydrogen) atoms. The van der Waals surface area contributed by atoms with Gasteiger partial charge in [-0.3, -0.25) is 4.98 Å². The topological polar surface area (TPSA) is 57.3 Å². The third kappa shape index (κ3) is 6.20. The van der Waals surface area contributed by atoms with E-state index in [0.717, 1.165) is 5.56 Å². The summed E-state index contributed by atoms with van der Waals surface area (Å²) in [5.74, 6) is 0. The molecule has 0 bridgehead atoms. The highest BCUT2D eigenvalue weighted by molar-refractivity contribution is 5.73. The summed E-state index contributed by atoms with van der Waals surface area (Å²) in [6, 6.07) is 3.54. The van der Waals surface area contributed by atoms with Crippen molar-refractivity contribution in [2.75, 3.05) is 27.2 Å². The molecule has 1 aliphatic heterocycles. The van der Waals surface area contributed by atoms with Crippen molar-refractivity contribution in [2.45, 2.75) is 19.4 Å². The largest absolute Gasteiger partial charge is 0.341 e. The molecule has 0 aromatic carbocycles. The standard InChI is InChI=1S/C8H11N3O.C5H11N.2H2/c1-9-8(12)11-6-7-2-4-10-5-3-7;1-6-4-2-3-5-6;;/h2-5H,6H2,1H3,(H2,9,11,12);2-5H2,1H3;2*1H. The number of hydrogen-bond acceptors (Lipinski definition) is 3. The maximum absolute atomic E-state index is 10.7. The molecule has 1 aromatic heterocycles. The number of aromatic nitrogens is 1. The Morgan fingerprint density at radius 1 is 1.39 bits per heavy atom. The molecule has 2 N–H and O–H groups in total. The summed E-state index contributed by atoms with van der Waals surface area (Å²) < 4.78 is 0. The number of amides is 2. The summed E-state index contributed by atoms with van der Waals surface area (Å²) in [5, 5.41) is 5.14. The van der Waals surface area contributed by atoms with Gasteiger partial charge >= 0.3 is 6.03 Å². The Morgan fingerprint density at radius 3 is 2.44 bits per heavy atom. The van der Waals surface area contributed by atoms with Crippen molar-refractivity contribution in [3.8, 4) is 0 Å². The van der Waals surface area contributed by atoms with E-state index in [-0.39, 0.29) is 8.88 Å². The van der Waals surface area contributed by atoms with Gasteiger partial charge in [0.2, 0.25) is 0 Å². The number of carbonyl (C=O) groups is 1. The molecule has 5 heteroatoms. The molecule has 0 atom stereocenters. The van der Waals surface area contributed by atoms with Gasteiger partial charge in [-0.25, -0.2) is 4.79 Å². The zero-order valence-electron chi connectivity index (χ0n) is 11.1. The van der Waals surface area contributed by atoms with E-state index in [2.05, 4.69) is 27.6 Å². The first kappa shape index (κ1) is 14.4. The number of nitrogens with one attached hydrogen (secondary N) is 2. The lowest BCUT2D eigenvalue weighted by Crippen LogP contribution is -2.32. The second kappa shape index (κ2) is 8.47. The van der Waals surface area contributed by atoms with Crippen molar-refractivity contribution in [1.29, 1.82) is 0 Å². The van der Waals surface area contributed by atoms with Gasteiger partial charge in [0.1, 0.15) is 0 Å². The predicted molar refractivity (Wildman–Crippen MR) is 76.5 cm³/mol. The maximum Gasteiger partial charge on any atom is 0.314 e. The number of rotatable bonds is 2. The molecule has 5 nitrogen and oxygen atoms in total. The van der Waals surface area contributed by atoms with Crippen LogP contribution in [0.25, 0.3) is 0 Å². The van der Waals surface area contributed by atoms with Gasteiger partial charge in [-0.05, 0) is 50.7 Å². The number of hydrogen-bond donors (Lipinski definition) is 2. The smallest absolute Gasteiger partial charge is 0.314 e. The van der Waals surface area contributed by atoms with Gasteiger partial charge in [0.25, 0.3) is 0 Å². The average Bonchev–Trinajstić information content (AvgIpc) is 2.89. The van der Waals surface area contributed by atoms with Crippen LogP contribution in [0.15, 0.2) is 24.5 Å². The summed E-state index contributed by atoms with van der Waals surface area (Å²) >= 11 is 0. The fourth-order valence-corrected chi connectivity index (χ4v) is 1.65. The molecule has 2 amide bonds. The Bertz CT molecular complexity index is 345. The molecule has 1 aromatic rings. The highest BCUT2D eigenvalue weighted by Crippen LogP contribution is 2.02. The van der Waals surface area contributed by atoms with Crippen LogP contribution in [-0.2, 0) is 6.54 Å². The van der Waals surface area contributed by atoms with E-state index in [1.807, 2.05) is 12.1 Å². The fraction of sp³-hybridized carbons (Fsp3) is 0.538. The van der Waals surface area contributed by atoms with Crippen LogP contribution in [0.1, 0.15) is 21.3 Å². The number of carbonyl (C=O) groups excluding carboxylic acids is 1. The lowest BCUT2D eigenvalue weighted by atomic mass is 10.3. The molecular formula is C13H26N4O. The first-order valence-electron chi connectivity index (χ1n) is 6.25. The minimum atomic E-state index is -0.174. The Hall–Kier alpha value is -1.62. The van der Waals surface area contributed by atoms with Crippen LogP contribution >= 0.6 is 0 Å². The van der Waals surface area contributed by atoms with E-state index < -0.39 is 0 Å². The lowest BCUT2D eigenvalue weighted by Gasteiger charge is -2.02. The third-order valence-electron chi connectivity index (χ3n) is 2.76. The first-order chi connectivity index (χ1) is 8.72. The third-order valence-corrected chi connectivity index (χ3v) is 2.76. The first-order valence-corrected chi connectivity index (χ1v) is 6.25. The summed E-state index contributed by atoms with van der Waals surface area (Å²) in [5.41, 5.74) is 1.04. The molecule has 2 heterocycles. The molecule has 2 rings (SSSR count). The van der Waals surface area contributed by atoms with Crippen molar-refractivity contribution in [1.82, 2.24) is 20.5 Å². The minimum absolute atomic E-state index is 0. The van der Waals surface area contributed by atoms with Gasteiger partial charge in [0, 0.05) is 28.8 Å². The Morgan fingerprint density at radius 2 is 2.00 bits per heavy atom. The summed E-state index contributed by atoms with van der Waals surface area (Å²) in [6.07, 6.45) is 6.22. The fourth-order valence-electron chi connectivity index (χ4n) is 1.65. The van der Waals surface area contributed by atoms with E-state index in [0.29, 0.717) is 6.54 Å². The van der Waals surface area contributed by atoms with Crippen molar-refractivity contribution < 1.29 is 7.65 Å². The Labute approximate surface area is 112 Å². The quantitative estimate of drug-likeness (QED) is 0.845. The van der Waals surface area contributed by atoms with Crippen molar-refractivity contribution in [3.05, 3.63) is 30.1 Å². The normalized spacial score (nSPS) is 14.6. The molecule has 1 saturated heterocycles. The number of nitrogens with zero attached hydrogens (tertiary/aromatic N) is 2. The molecule has 1 aliphatic rings. The van der Waals surface area contributed by atoms with Gasteiger partial charge < -0.3 is 15.5 Å². The van der Waals surface area contributed by atoms with E-state index in [4.69, 9.17) is 0 Å². The van der Waals surface area contributed by atoms with Crippen molar-refractivity contribution in [2.24, 2.45) is 0 Å². The zero-order chi connectivity index (χ0) is 13.2. The molecule has 104 valence electrons. The van der Waals surface area contributed by atoms with Crippen LogP contribution in [0.2, 0.25) is 0 Å². The van der Waals surface area contributed by atoms with Crippen LogP contribution in [0, 0.1) is 0 Å². The second-order valence-corrected chi connectivity index (χ2v) is 4.30. The molecular weight excluding hydrogens is 228 g/mol. The second-order valence-electron chi connectivity index (χ2n) is 4.30. The highest BCUT2D eigenvalue weighted by Gasteiger charge is 2.03. The summed E-state index contributed by atoms with van der Waals surface area (Å²) in [4.78, 5) is 17.0. The lowest BCUT2D eigenvalue weighted by molar-refractivity contribution is 0.242.